The van der Waals surface area contributed by atoms with Crippen molar-refractivity contribution in [1.29, 1.82) is 0 Å². The van der Waals surface area contributed by atoms with E-state index in [0.717, 1.165) is 6.42 Å². The molecule has 0 radical (unpaired) electrons. The second-order valence-corrected chi connectivity index (χ2v) is 9.64. The van der Waals surface area contributed by atoms with Crippen LogP contribution in [0.2, 0.25) is 0 Å². The van der Waals surface area contributed by atoms with E-state index in [2.05, 4.69) is 103 Å². The fourth-order valence-corrected chi connectivity index (χ4v) is 3.87. The van der Waals surface area contributed by atoms with Crippen LogP contribution in [0.4, 0.5) is 0 Å². The first-order valence-corrected chi connectivity index (χ1v) is 10.1. The maximum absolute atomic E-state index is 2.38. The Balaban J connectivity index is 2.18. The molecule has 1 heteroatoms. The molecule has 0 spiro atoms. The largest absolute Gasteiger partial charge is 0.213 e. The molecule has 0 saturated heterocycles. The van der Waals surface area contributed by atoms with Gasteiger partial charge in [-0.05, 0) is 71.4 Å². The second kappa shape index (κ2) is 7.11. The molecule has 2 aromatic carbocycles. The molecule has 1 nitrogen and oxygen atoms in total. The Labute approximate surface area is 165 Å². The fraction of sp³-hybridized carbons (Fsp3) is 0.423. The van der Waals surface area contributed by atoms with E-state index in [1.54, 1.807) is 0 Å². The van der Waals surface area contributed by atoms with Gasteiger partial charge in [-0.2, -0.15) is 0 Å². The molecule has 3 aromatic rings. The van der Waals surface area contributed by atoms with Crippen LogP contribution in [0.5, 0.6) is 0 Å². The molecule has 3 rings (SSSR count). The van der Waals surface area contributed by atoms with Gasteiger partial charge in [-0.25, -0.2) is 4.57 Å². The minimum Gasteiger partial charge on any atom is -0.200 e. The Morgan fingerprint density at radius 3 is 2.26 bits per heavy atom. The Bertz CT molecular complexity index is 987. The summed E-state index contributed by atoms with van der Waals surface area (Å²) in [7, 11) is 2.16. The Hall–Kier alpha value is -2.15. The highest BCUT2D eigenvalue weighted by Crippen LogP contribution is 2.30. The average Bonchev–Trinajstić information content (AvgIpc) is 2.55. The average molecular weight is 361 g/mol. The number of benzene rings is 2. The lowest BCUT2D eigenvalue weighted by atomic mass is 9.87. The molecular formula is C26H34N+. The van der Waals surface area contributed by atoms with Crippen molar-refractivity contribution in [2.45, 2.75) is 60.8 Å². The van der Waals surface area contributed by atoms with Gasteiger partial charge in [0.05, 0.1) is 0 Å². The first-order valence-electron chi connectivity index (χ1n) is 10.1. The molecule has 0 fully saturated rings. The summed E-state index contributed by atoms with van der Waals surface area (Å²) >= 11 is 0. The highest BCUT2D eigenvalue weighted by Gasteiger charge is 2.18. The highest BCUT2D eigenvalue weighted by atomic mass is 14.9. The summed E-state index contributed by atoms with van der Waals surface area (Å²) in [6.45, 7) is 15.9. The van der Waals surface area contributed by atoms with E-state index in [1.165, 1.54) is 44.3 Å². The van der Waals surface area contributed by atoms with Crippen molar-refractivity contribution in [2.24, 2.45) is 12.5 Å². The Morgan fingerprint density at radius 2 is 1.63 bits per heavy atom. The van der Waals surface area contributed by atoms with Crippen LogP contribution in [0, 0.1) is 19.3 Å². The molecule has 0 atom stereocenters. The minimum absolute atomic E-state index is 0.301. The smallest absolute Gasteiger partial charge is 0.200 e. The molecule has 0 saturated carbocycles. The molecule has 27 heavy (non-hydrogen) atoms. The molecule has 0 amide bonds. The third-order valence-corrected chi connectivity index (χ3v) is 5.52. The Morgan fingerprint density at radius 1 is 0.926 bits per heavy atom. The summed E-state index contributed by atoms with van der Waals surface area (Å²) in [6, 6.07) is 14.0. The number of pyridine rings is 1. The molecule has 0 N–H and O–H groups in total. The molecule has 0 aliphatic carbocycles. The van der Waals surface area contributed by atoms with Crippen molar-refractivity contribution >= 4 is 10.8 Å². The lowest BCUT2D eigenvalue weighted by Crippen LogP contribution is -2.30. The van der Waals surface area contributed by atoms with Crippen LogP contribution in [-0.2, 0) is 13.5 Å². The van der Waals surface area contributed by atoms with Gasteiger partial charge in [0.2, 0.25) is 5.69 Å². The highest BCUT2D eigenvalue weighted by molar-refractivity contribution is 5.85. The molecule has 0 bridgehead atoms. The topological polar surface area (TPSA) is 3.88 Å². The lowest BCUT2D eigenvalue weighted by molar-refractivity contribution is -0.659. The van der Waals surface area contributed by atoms with Crippen LogP contribution < -0.4 is 4.57 Å². The van der Waals surface area contributed by atoms with Crippen LogP contribution in [0.3, 0.4) is 0 Å². The van der Waals surface area contributed by atoms with Gasteiger partial charge in [-0.3, -0.25) is 0 Å². The van der Waals surface area contributed by atoms with E-state index < -0.39 is 0 Å². The van der Waals surface area contributed by atoms with Gasteiger partial charge in [0.1, 0.15) is 7.05 Å². The zero-order chi connectivity index (χ0) is 19.9. The predicted molar refractivity (Wildman–Crippen MR) is 117 cm³/mol. The van der Waals surface area contributed by atoms with Gasteiger partial charge in [-0.15, -0.1) is 0 Å². The van der Waals surface area contributed by atoms with Crippen molar-refractivity contribution in [2.75, 3.05) is 0 Å². The summed E-state index contributed by atoms with van der Waals surface area (Å²) in [4.78, 5) is 0. The molecule has 0 unspecified atom stereocenters. The van der Waals surface area contributed by atoms with Gasteiger partial charge in [0.25, 0.3) is 0 Å². The van der Waals surface area contributed by atoms with E-state index in [0.29, 0.717) is 11.3 Å². The number of aromatic nitrogens is 1. The predicted octanol–water partition coefficient (Wildman–Crippen LogP) is 6.66. The van der Waals surface area contributed by atoms with E-state index in [-0.39, 0.29) is 0 Å². The maximum Gasteiger partial charge on any atom is 0.213 e. The molecule has 1 heterocycles. The molecule has 0 aliphatic rings. The second-order valence-electron chi connectivity index (χ2n) is 9.64. The van der Waals surface area contributed by atoms with Crippen LogP contribution >= 0.6 is 0 Å². The van der Waals surface area contributed by atoms with Crippen LogP contribution in [-0.4, -0.2) is 0 Å². The lowest BCUT2D eigenvalue weighted by Gasteiger charge is -2.18. The third-order valence-electron chi connectivity index (χ3n) is 5.52. The third kappa shape index (κ3) is 4.24. The first kappa shape index (κ1) is 19.6. The summed E-state index contributed by atoms with van der Waals surface area (Å²) in [5.41, 5.74) is 8.52. The van der Waals surface area contributed by atoms with Crippen molar-refractivity contribution in [3.63, 3.8) is 0 Å². The van der Waals surface area contributed by atoms with Crippen molar-refractivity contribution < 1.29 is 4.57 Å². The zero-order valence-corrected chi connectivity index (χ0v) is 18.3. The number of nitrogens with zero attached hydrogens (tertiary/aromatic N) is 1. The summed E-state index contributed by atoms with van der Waals surface area (Å²) in [5, 5.41) is 2.63. The standard InChI is InChI=1S/C26H34N/c1-17(2)22-11-18(3)19(4)24(13-22)25-14-23-12-20(15-26(5,6)7)9-10-21(23)16-27(25)8/h9-14,16-17H,15H2,1-8H3/q+1. The number of fused-ring (bicyclic) bond motifs is 1. The van der Waals surface area contributed by atoms with Crippen LogP contribution in [0.25, 0.3) is 22.0 Å². The van der Waals surface area contributed by atoms with Crippen LogP contribution in [0.1, 0.15) is 62.8 Å². The normalized spacial score (nSPS) is 12.2. The van der Waals surface area contributed by atoms with Gasteiger partial charge < -0.3 is 0 Å². The van der Waals surface area contributed by atoms with Gasteiger partial charge >= 0.3 is 0 Å². The summed E-state index contributed by atoms with van der Waals surface area (Å²) in [6.07, 6.45) is 3.36. The van der Waals surface area contributed by atoms with E-state index in [4.69, 9.17) is 0 Å². The summed E-state index contributed by atoms with van der Waals surface area (Å²) in [5.74, 6) is 0.534. The van der Waals surface area contributed by atoms with E-state index >= 15 is 0 Å². The van der Waals surface area contributed by atoms with E-state index in [9.17, 15) is 0 Å². The SMILES string of the molecule is Cc1cc(C(C)C)cc(-c2cc3cc(CC(C)(C)C)ccc3c[n+]2C)c1C. The summed E-state index contributed by atoms with van der Waals surface area (Å²) < 4.78 is 2.28. The van der Waals surface area contributed by atoms with Gasteiger partial charge in [0, 0.05) is 17.0 Å². The molecule has 0 aliphatic heterocycles. The van der Waals surface area contributed by atoms with Crippen molar-refractivity contribution in [3.05, 3.63) is 64.8 Å². The van der Waals surface area contributed by atoms with Crippen molar-refractivity contribution in [3.8, 4) is 11.3 Å². The maximum atomic E-state index is 2.38. The van der Waals surface area contributed by atoms with E-state index in [1.807, 2.05) is 0 Å². The van der Waals surface area contributed by atoms with Crippen LogP contribution in [0.15, 0.2) is 42.6 Å². The van der Waals surface area contributed by atoms with Gasteiger partial charge in [0.15, 0.2) is 6.20 Å². The number of hydrogen-bond acceptors (Lipinski definition) is 0. The first-order chi connectivity index (χ1) is 12.5. The number of hydrogen-bond donors (Lipinski definition) is 0. The minimum atomic E-state index is 0.301. The quantitative estimate of drug-likeness (QED) is 0.460. The number of aryl methyl sites for hydroxylation is 2. The van der Waals surface area contributed by atoms with Crippen molar-refractivity contribution in [1.82, 2.24) is 0 Å². The molecule has 142 valence electrons. The zero-order valence-electron chi connectivity index (χ0n) is 18.3. The van der Waals surface area contributed by atoms with Gasteiger partial charge in [-0.1, -0.05) is 52.8 Å². The molecular weight excluding hydrogens is 326 g/mol. The monoisotopic (exact) mass is 360 g/mol. The fourth-order valence-electron chi connectivity index (χ4n) is 3.87. The number of rotatable bonds is 3. The molecule has 1 aromatic heterocycles. The Kier molecular flexibility index (Phi) is 5.16.